The Kier molecular flexibility index (Phi) is 6.26. The molecule has 0 spiro atoms. The molecule has 0 fully saturated rings. The second kappa shape index (κ2) is 8.84. The predicted octanol–water partition coefficient (Wildman–Crippen LogP) is 3.25. The minimum absolute atomic E-state index is 0.0116. The minimum Gasteiger partial charge on any atom is -0.496 e. The number of carbonyl (C=O) groups excluding carboxylic acids is 2. The van der Waals surface area contributed by atoms with Crippen molar-refractivity contribution in [2.24, 2.45) is 4.99 Å². The zero-order chi connectivity index (χ0) is 20.1. The number of methoxy groups -OCH3 is 1. The molecule has 1 heterocycles. The van der Waals surface area contributed by atoms with Crippen LogP contribution in [0.25, 0.3) is 10.2 Å². The number of aryl methyl sites for hydroxylation is 1. The van der Waals surface area contributed by atoms with Crippen LogP contribution < -0.4 is 9.54 Å². The number of ether oxygens (including phenoxy) is 2. The molecule has 0 aliphatic rings. The number of hydrogen-bond acceptors (Lipinski definition) is 5. The van der Waals surface area contributed by atoms with Crippen LogP contribution in [0.5, 0.6) is 5.75 Å². The van der Waals surface area contributed by atoms with E-state index in [2.05, 4.69) is 4.99 Å². The summed E-state index contributed by atoms with van der Waals surface area (Å²) in [4.78, 5) is 29.4. The first-order valence-electron chi connectivity index (χ1n) is 8.97. The average molecular weight is 398 g/mol. The van der Waals surface area contributed by atoms with Crippen LogP contribution in [0, 0.1) is 6.92 Å². The maximum Gasteiger partial charge on any atom is 0.326 e. The molecule has 3 aromatic rings. The standard InChI is InChI=1S/C21H22N2O4S/c1-4-27-20(25)13-23-16-7-5-6-8-18(16)28-21(23)22-19(24)12-15-11-14(2)9-10-17(15)26-3/h5-11H,4,12-13H2,1-3H3. The number of amides is 1. The van der Waals surface area contributed by atoms with E-state index in [1.54, 1.807) is 18.6 Å². The Morgan fingerprint density at radius 1 is 1.18 bits per heavy atom. The van der Waals surface area contributed by atoms with Gasteiger partial charge < -0.3 is 14.0 Å². The summed E-state index contributed by atoms with van der Waals surface area (Å²) in [5.74, 6) is -0.00161. The van der Waals surface area contributed by atoms with E-state index in [9.17, 15) is 9.59 Å². The molecule has 1 amide bonds. The number of carbonyl (C=O) groups is 2. The molecule has 0 saturated heterocycles. The van der Waals surface area contributed by atoms with Gasteiger partial charge in [-0.05, 0) is 32.0 Å². The molecule has 1 aromatic heterocycles. The zero-order valence-corrected chi connectivity index (χ0v) is 16.9. The van der Waals surface area contributed by atoms with E-state index in [0.717, 1.165) is 21.3 Å². The summed E-state index contributed by atoms with van der Waals surface area (Å²) in [6.07, 6.45) is 0.124. The maximum atomic E-state index is 12.7. The summed E-state index contributed by atoms with van der Waals surface area (Å²) in [5, 5.41) is 0. The van der Waals surface area contributed by atoms with Gasteiger partial charge in [-0.1, -0.05) is 41.2 Å². The molecule has 2 aromatic carbocycles. The van der Waals surface area contributed by atoms with E-state index in [1.165, 1.54) is 11.3 Å². The third-order valence-electron chi connectivity index (χ3n) is 4.18. The first-order chi connectivity index (χ1) is 13.5. The van der Waals surface area contributed by atoms with Gasteiger partial charge in [0.25, 0.3) is 5.91 Å². The predicted molar refractivity (Wildman–Crippen MR) is 108 cm³/mol. The van der Waals surface area contributed by atoms with Gasteiger partial charge in [0.1, 0.15) is 12.3 Å². The highest BCUT2D eigenvalue weighted by atomic mass is 32.1. The number of para-hydroxylation sites is 1. The lowest BCUT2D eigenvalue weighted by Crippen LogP contribution is -2.23. The lowest BCUT2D eigenvalue weighted by Gasteiger charge is -2.07. The van der Waals surface area contributed by atoms with E-state index < -0.39 is 0 Å². The van der Waals surface area contributed by atoms with Gasteiger partial charge in [0.05, 0.1) is 30.4 Å². The molecule has 0 atom stereocenters. The van der Waals surface area contributed by atoms with Gasteiger partial charge in [-0.15, -0.1) is 0 Å². The van der Waals surface area contributed by atoms with Crippen molar-refractivity contribution in [3.05, 3.63) is 58.4 Å². The van der Waals surface area contributed by atoms with Crippen LogP contribution in [0.2, 0.25) is 0 Å². The first-order valence-corrected chi connectivity index (χ1v) is 9.78. The Hall–Kier alpha value is -2.93. The number of rotatable bonds is 6. The monoisotopic (exact) mass is 398 g/mol. The lowest BCUT2D eigenvalue weighted by molar-refractivity contribution is -0.143. The van der Waals surface area contributed by atoms with Crippen LogP contribution in [0.4, 0.5) is 0 Å². The van der Waals surface area contributed by atoms with Gasteiger partial charge in [-0.3, -0.25) is 9.59 Å². The van der Waals surface area contributed by atoms with Gasteiger partial charge in [0.2, 0.25) is 0 Å². The molecule has 0 aliphatic heterocycles. The highest BCUT2D eigenvalue weighted by Crippen LogP contribution is 2.21. The molecule has 6 nitrogen and oxygen atoms in total. The van der Waals surface area contributed by atoms with Crippen molar-refractivity contribution in [2.45, 2.75) is 26.8 Å². The van der Waals surface area contributed by atoms with E-state index >= 15 is 0 Å². The fourth-order valence-corrected chi connectivity index (χ4v) is 4.00. The fraction of sp³-hybridized carbons (Fsp3) is 0.286. The summed E-state index contributed by atoms with van der Waals surface area (Å²) in [6.45, 7) is 4.04. The molecule has 7 heteroatoms. The van der Waals surface area contributed by atoms with Gasteiger partial charge in [0.15, 0.2) is 4.80 Å². The van der Waals surface area contributed by atoms with Crippen LogP contribution in [-0.2, 0) is 27.3 Å². The molecular formula is C21H22N2O4S. The Balaban J connectivity index is 1.98. The summed E-state index contributed by atoms with van der Waals surface area (Å²) >= 11 is 1.37. The number of hydrogen-bond donors (Lipinski definition) is 0. The van der Waals surface area contributed by atoms with E-state index in [4.69, 9.17) is 9.47 Å². The number of nitrogens with zero attached hydrogens (tertiary/aromatic N) is 2. The van der Waals surface area contributed by atoms with Gasteiger partial charge in [-0.2, -0.15) is 4.99 Å². The molecule has 146 valence electrons. The van der Waals surface area contributed by atoms with Crippen molar-refractivity contribution in [1.82, 2.24) is 4.57 Å². The normalized spacial score (nSPS) is 11.6. The average Bonchev–Trinajstić information content (AvgIpc) is 2.99. The molecule has 3 rings (SSSR count). The van der Waals surface area contributed by atoms with Crippen LogP contribution in [-0.4, -0.2) is 30.2 Å². The van der Waals surface area contributed by atoms with E-state index in [-0.39, 0.29) is 24.8 Å². The SMILES string of the molecule is CCOC(=O)Cn1c(=NC(=O)Cc2cc(C)ccc2OC)sc2ccccc21. The Labute approximate surface area is 167 Å². The molecule has 0 bridgehead atoms. The fourth-order valence-electron chi connectivity index (χ4n) is 2.95. The van der Waals surface area contributed by atoms with Gasteiger partial charge >= 0.3 is 5.97 Å². The molecular weight excluding hydrogens is 376 g/mol. The van der Waals surface area contributed by atoms with Crippen LogP contribution >= 0.6 is 11.3 Å². The van der Waals surface area contributed by atoms with Crippen molar-refractivity contribution in [2.75, 3.05) is 13.7 Å². The highest BCUT2D eigenvalue weighted by molar-refractivity contribution is 7.16. The molecule has 28 heavy (non-hydrogen) atoms. The summed E-state index contributed by atoms with van der Waals surface area (Å²) in [6, 6.07) is 13.3. The Morgan fingerprint density at radius 3 is 2.71 bits per heavy atom. The number of thiazole rings is 1. The molecule has 0 saturated carbocycles. The van der Waals surface area contributed by atoms with Gasteiger partial charge in [-0.25, -0.2) is 0 Å². The van der Waals surface area contributed by atoms with Crippen LogP contribution in [0.3, 0.4) is 0 Å². The quantitative estimate of drug-likeness (QED) is 0.598. The lowest BCUT2D eigenvalue weighted by atomic mass is 10.1. The van der Waals surface area contributed by atoms with Gasteiger partial charge in [0, 0.05) is 5.56 Å². The topological polar surface area (TPSA) is 69.9 Å². The van der Waals surface area contributed by atoms with Crippen molar-refractivity contribution in [3.8, 4) is 5.75 Å². The number of fused-ring (bicyclic) bond motifs is 1. The maximum absolute atomic E-state index is 12.7. The van der Waals surface area contributed by atoms with E-state index in [1.807, 2.05) is 49.4 Å². The van der Waals surface area contributed by atoms with Crippen molar-refractivity contribution >= 4 is 33.4 Å². The second-order valence-corrected chi connectivity index (χ2v) is 7.25. The molecule has 0 radical (unpaired) electrons. The van der Waals surface area contributed by atoms with Crippen molar-refractivity contribution < 1.29 is 19.1 Å². The first kappa shape index (κ1) is 19.8. The minimum atomic E-state index is -0.361. The Morgan fingerprint density at radius 2 is 1.96 bits per heavy atom. The molecule has 0 unspecified atom stereocenters. The summed E-state index contributed by atoms with van der Waals surface area (Å²) in [5.41, 5.74) is 2.68. The third kappa shape index (κ3) is 4.48. The zero-order valence-electron chi connectivity index (χ0n) is 16.1. The number of esters is 1. The van der Waals surface area contributed by atoms with Crippen LogP contribution in [0.1, 0.15) is 18.1 Å². The summed E-state index contributed by atoms with van der Waals surface area (Å²) in [7, 11) is 1.58. The Bertz CT molecular complexity index is 1080. The van der Waals surface area contributed by atoms with Crippen molar-refractivity contribution in [3.63, 3.8) is 0 Å². The second-order valence-electron chi connectivity index (χ2n) is 6.24. The third-order valence-corrected chi connectivity index (χ3v) is 5.24. The van der Waals surface area contributed by atoms with Crippen LogP contribution in [0.15, 0.2) is 47.5 Å². The summed E-state index contributed by atoms with van der Waals surface area (Å²) < 4.78 is 13.1. The number of benzene rings is 2. The smallest absolute Gasteiger partial charge is 0.326 e. The van der Waals surface area contributed by atoms with Crippen molar-refractivity contribution in [1.29, 1.82) is 0 Å². The van der Waals surface area contributed by atoms with E-state index in [0.29, 0.717) is 17.2 Å². The number of aromatic nitrogens is 1. The molecule has 0 N–H and O–H groups in total. The largest absolute Gasteiger partial charge is 0.496 e. The highest BCUT2D eigenvalue weighted by Gasteiger charge is 2.13. The molecule has 0 aliphatic carbocycles.